The number of benzene rings is 2. The Hall–Kier alpha value is -2.77. The molecule has 0 aliphatic heterocycles. The van der Waals surface area contributed by atoms with Crippen molar-refractivity contribution in [3.8, 4) is 0 Å². The standard InChI is InChI=1S/C20H24N2O5/c23-20(24)18-11-9-17(10-12-18)19(22(25)26)21-13-5-2-6-14-27-15-16-7-3-1-4-8-16/h1,3-4,7-12,19,21H,2,5-6,13-15H2,(H,23,24). The smallest absolute Gasteiger partial charge is 0.335 e. The summed E-state index contributed by atoms with van der Waals surface area (Å²) >= 11 is 0. The van der Waals surface area contributed by atoms with Crippen LogP contribution in [-0.2, 0) is 11.3 Å². The average molecular weight is 372 g/mol. The van der Waals surface area contributed by atoms with Crippen LogP contribution in [0.25, 0.3) is 0 Å². The first-order valence-corrected chi connectivity index (χ1v) is 8.89. The van der Waals surface area contributed by atoms with Crippen LogP contribution in [0.4, 0.5) is 0 Å². The first-order chi connectivity index (χ1) is 13.1. The molecule has 0 amide bonds. The van der Waals surface area contributed by atoms with Gasteiger partial charge in [-0.15, -0.1) is 0 Å². The second kappa shape index (κ2) is 11.1. The third-order valence-corrected chi connectivity index (χ3v) is 4.10. The zero-order valence-electron chi connectivity index (χ0n) is 15.0. The molecular formula is C20H24N2O5. The van der Waals surface area contributed by atoms with Crippen LogP contribution in [0.1, 0.15) is 46.9 Å². The summed E-state index contributed by atoms with van der Waals surface area (Å²) in [6.07, 6.45) is 1.56. The molecule has 0 saturated carbocycles. The molecule has 2 aromatic carbocycles. The molecule has 0 aliphatic rings. The van der Waals surface area contributed by atoms with E-state index in [1.165, 1.54) is 24.3 Å². The van der Waals surface area contributed by atoms with E-state index in [9.17, 15) is 14.9 Å². The Labute approximate surface area is 158 Å². The number of unbranched alkanes of at least 4 members (excludes halogenated alkanes) is 2. The van der Waals surface area contributed by atoms with E-state index in [1.807, 2.05) is 30.3 Å². The van der Waals surface area contributed by atoms with E-state index in [0.29, 0.717) is 25.3 Å². The third kappa shape index (κ3) is 7.16. The first-order valence-electron chi connectivity index (χ1n) is 8.89. The summed E-state index contributed by atoms with van der Waals surface area (Å²) in [5.74, 6) is -1.05. The van der Waals surface area contributed by atoms with E-state index >= 15 is 0 Å². The molecule has 0 radical (unpaired) electrons. The summed E-state index contributed by atoms with van der Waals surface area (Å²) in [7, 11) is 0. The lowest BCUT2D eigenvalue weighted by atomic mass is 10.1. The van der Waals surface area contributed by atoms with Gasteiger partial charge in [-0.05, 0) is 49.1 Å². The average Bonchev–Trinajstić information content (AvgIpc) is 2.67. The molecule has 0 saturated heterocycles. The molecule has 0 aliphatic carbocycles. The quantitative estimate of drug-likeness (QED) is 0.255. The molecule has 0 bridgehead atoms. The van der Waals surface area contributed by atoms with Gasteiger partial charge in [0.1, 0.15) is 0 Å². The van der Waals surface area contributed by atoms with Gasteiger partial charge in [0.15, 0.2) is 0 Å². The molecule has 2 aromatic rings. The lowest BCUT2D eigenvalue weighted by Gasteiger charge is -2.12. The van der Waals surface area contributed by atoms with Gasteiger partial charge in [0.2, 0.25) is 0 Å². The van der Waals surface area contributed by atoms with Crippen molar-refractivity contribution in [2.45, 2.75) is 32.0 Å². The number of hydrogen-bond acceptors (Lipinski definition) is 5. The SMILES string of the molecule is O=C(O)c1ccc(C(NCCCCCOCc2ccccc2)[N+](=O)[O-])cc1. The summed E-state index contributed by atoms with van der Waals surface area (Å²) < 4.78 is 5.61. The highest BCUT2D eigenvalue weighted by atomic mass is 16.6. The summed E-state index contributed by atoms with van der Waals surface area (Å²) in [5.41, 5.74) is 1.69. The van der Waals surface area contributed by atoms with Crippen molar-refractivity contribution in [2.24, 2.45) is 0 Å². The highest BCUT2D eigenvalue weighted by Gasteiger charge is 2.21. The van der Waals surface area contributed by atoms with E-state index in [1.54, 1.807) is 0 Å². The number of carboxylic acid groups (broad SMARTS) is 1. The fraction of sp³-hybridized carbons (Fsp3) is 0.350. The Morgan fingerprint density at radius 1 is 1.07 bits per heavy atom. The maximum Gasteiger partial charge on any atom is 0.335 e. The van der Waals surface area contributed by atoms with Crippen molar-refractivity contribution < 1.29 is 19.6 Å². The molecule has 0 spiro atoms. The van der Waals surface area contributed by atoms with Gasteiger partial charge in [0.25, 0.3) is 6.17 Å². The largest absolute Gasteiger partial charge is 0.478 e. The van der Waals surface area contributed by atoms with Gasteiger partial charge in [-0.1, -0.05) is 30.3 Å². The monoisotopic (exact) mass is 372 g/mol. The number of rotatable bonds is 12. The number of carbonyl (C=O) groups is 1. The number of aromatic carboxylic acids is 1. The molecule has 1 unspecified atom stereocenters. The van der Waals surface area contributed by atoms with Gasteiger partial charge in [0, 0.05) is 23.6 Å². The van der Waals surface area contributed by atoms with Crippen molar-refractivity contribution >= 4 is 5.97 Å². The van der Waals surface area contributed by atoms with Crippen molar-refractivity contribution in [1.82, 2.24) is 5.32 Å². The van der Waals surface area contributed by atoms with E-state index in [-0.39, 0.29) is 5.56 Å². The third-order valence-electron chi connectivity index (χ3n) is 4.10. The van der Waals surface area contributed by atoms with Crippen LogP contribution in [-0.4, -0.2) is 29.2 Å². The maximum atomic E-state index is 11.3. The number of nitrogens with zero attached hydrogens (tertiary/aromatic N) is 1. The summed E-state index contributed by atoms with van der Waals surface area (Å²) in [6.45, 7) is 1.75. The fourth-order valence-electron chi connectivity index (χ4n) is 2.63. The Morgan fingerprint density at radius 2 is 1.78 bits per heavy atom. The van der Waals surface area contributed by atoms with E-state index in [2.05, 4.69) is 5.32 Å². The lowest BCUT2D eigenvalue weighted by molar-refractivity contribution is -0.536. The molecule has 0 fully saturated rings. The predicted molar refractivity (Wildman–Crippen MR) is 101 cm³/mol. The highest BCUT2D eigenvalue weighted by molar-refractivity contribution is 5.87. The van der Waals surface area contributed by atoms with Gasteiger partial charge in [-0.2, -0.15) is 0 Å². The van der Waals surface area contributed by atoms with Gasteiger partial charge in [0.05, 0.1) is 12.2 Å². The minimum absolute atomic E-state index is 0.108. The van der Waals surface area contributed by atoms with Crippen LogP contribution in [0, 0.1) is 10.1 Å². The van der Waals surface area contributed by atoms with Crippen LogP contribution in [0.3, 0.4) is 0 Å². The van der Waals surface area contributed by atoms with Gasteiger partial charge >= 0.3 is 5.97 Å². The molecule has 144 valence electrons. The van der Waals surface area contributed by atoms with Gasteiger partial charge in [-0.3, -0.25) is 15.4 Å². The number of carboxylic acids is 1. The fourth-order valence-corrected chi connectivity index (χ4v) is 2.63. The molecular weight excluding hydrogens is 348 g/mol. The minimum Gasteiger partial charge on any atom is -0.478 e. The maximum absolute atomic E-state index is 11.3. The second-order valence-electron chi connectivity index (χ2n) is 6.17. The number of nitro groups is 1. The van der Waals surface area contributed by atoms with E-state index in [0.717, 1.165) is 24.8 Å². The zero-order chi connectivity index (χ0) is 19.5. The van der Waals surface area contributed by atoms with Crippen molar-refractivity contribution in [3.63, 3.8) is 0 Å². The number of nitrogens with one attached hydrogen (secondary N) is 1. The molecule has 0 aromatic heterocycles. The Morgan fingerprint density at radius 3 is 2.41 bits per heavy atom. The Balaban J connectivity index is 1.64. The molecule has 1 atom stereocenters. The van der Waals surface area contributed by atoms with Crippen LogP contribution in [0.5, 0.6) is 0 Å². The second-order valence-corrected chi connectivity index (χ2v) is 6.17. The van der Waals surface area contributed by atoms with Gasteiger partial charge in [-0.25, -0.2) is 4.79 Å². The Bertz CT molecular complexity index is 719. The normalized spacial score (nSPS) is 11.9. The summed E-state index contributed by atoms with van der Waals surface area (Å²) in [6, 6.07) is 15.7. The molecule has 7 heteroatoms. The number of ether oxygens (including phenoxy) is 1. The van der Waals surface area contributed by atoms with Crippen molar-refractivity contribution in [1.29, 1.82) is 0 Å². The van der Waals surface area contributed by atoms with Crippen LogP contribution in [0.2, 0.25) is 0 Å². The topological polar surface area (TPSA) is 102 Å². The van der Waals surface area contributed by atoms with Crippen LogP contribution >= 0.6 is 0 Å². The van der Waals surface area contributed by atoms with Crippen molar-refractivity contribution in [3.05, 3.63) is 81.4 Å². The number of hydrogen-bond donors (Lipinski definition) is 2. The molecule has 7 nitrogen and oxygen atoms in total. The van der Waals surface area contributed by atoms with E-state index < -0.39 is 17.1 Å². The molecule has 2 rings (SSSR count). The van der Waals surface area contributed by atoms with Crippen LogP contribution in [0.15, 0.2) is 54.6 Å². The minimum atomic E-state index is -1.05. The molecule has 2 N–H and O–H groups in total. The van der Waals surface area contributed by atoms with Crippen molar-refractivity contribution in [2.75, 3.05) is 13.2 Å². The highest BCUT2D eigenvalue weighted by Crippen LogP contribution is 2.15. The van der Waals surface area contributed by atoms with Crippen LogP contribution < -0.4 is 5.32 Å². The molecule has 0 heterocycles. The first kappa shape index (κ1) is 20.5. The Kier molecular flexibility index (Phi) is 8.41. The predicted octanol–water partition coefficient (Wildman–Crippen LogP) is 3.64. The summed E-state index contributed by atoms with van der Waals surface area (Å²) in [5, 5.41) is 23.1. The molecule has 27 heavy (non-hydrogen) atoms. The van der Waals surface area contributed by atoms with E-state index in [4.69, 9.17) is 9.84 Å². The van der Waals surface area contributed by atoms with Gasteiger partial charge < -0.3 is 9.84 Å². The zero-order valence-corrected chi connectivity index (χ0v) is 15.0. The summed E-state index contributed by atoms with van der Waals surface area (Å²) in [4.78, 5) is 21.7. The lowest BCUT2D eigenvalue weighted by Crippen LogP contribution is -2.29.